The van der Waals surface area contributed by atoms with Gasteiger partial charge >= 0.3 is 9.08 Å². The SMILES string of the molecule is F[Si](F)(F)C(Cl)(Cl)Cl. The molecular weight excluding hydrogens is 203 g/mol. The molecule has 0 aliphatic carbocycles. The van der Waals surface area contributed by atoms with Gasteiger partial charge < -0.3 is 0 Å². The third-order valence-electron chi connectivity index (χ3n) is 0.321. The Labute approximate surface area is 60.0 Å². The molecule has 0 heterocycles. The molecule has 0 amide bonds. The van der Waals surface area contributed by atoms with E-state index in [1.54, 1.807) is 0 Å². The predicted octanol–water partition coefficient (Wildman–Crippen LogP) is 2.74. The summed E-state index contributed by atoms with van der Waals surface area (Å²) in [5, 5.41) is 0. The molecule has 0 atom stereocenters. The monoisotopic (exact) mass is 202 g/mol. The molecule has 0 aliphatic heterocycles. The van der Waals surface area contributed by atoms with E-state index in [0.717, 1.165) is 0 Å². The van der Waals surface area contributed by atoms with Crippen molar-refractivity contribution in [3.63, 3.8) is 0 Å². The summed E-state index contributed by atoms with van der Waals surface area (Å²) in [5.41, 5.74) is 0. The molecule has 0 rings (SSSR count). The van der Waals surface area contributed by atoms with Crippen molar-refractivity contribution in [2.75, 3.05) is 0 Å². The van der Waals surface area contributed by atoms with Gasteiger partial charge in [-0.2, -0.15) is 0 Å². The average molecular weight is 203 g/mol. The second-order valence-electron chi connectivity index (χ2n) is 0.996. The minimum atomic E-state index is -6.06. The van der Waals surface area contributed by atoms with Crippen molar-refractivity contribution < 1.29 is 12.3 Å². The van der Waals surface area contributed by atoms with Crippen LogP contribution in [0.25, 0.3) is 0 Å². The van der Waals surface area contributed by atoms with Gasteiger partial charge in [-0.15, -0.1) is 0 Å². The minimum absolute atomic E-state index is 3.01. The van der Waals surface area contributed by atoms with Gasteiger partial charge in [0.15, 0.2) is 0 Å². The topological polar surface area (TPSA) is 0 Å². The summed E-state index contributed by atoms with van der Waals surface area (Å²) in [6.45, 7) is 0. The minimum Gasteiger partial charge on any atom is -0.235 e. The molecule has 0 unspecified atom stereocenters. The van der Waals surface area contributed by atoms with Crippen LogP contribution in [0.5, 0.6) is 0 Å². The summed E-state index contributed by atoms with van der Waals surface area (Å²) >= 11 is 13.4. The lowest BCUT2D eigenvalue weighted by Crippen LogP contribution is -2.34. The smallest absolute Gasteiger partial charge is 0.235 e. The highest BCUT2D eigenvalue weighted by atomic mass is 35.6. The second kappa shape index (κ2) is 2.25. The number of halogens is 6. The maximum Gasteiger partial charge on any atom is 0.670 e. The van der Waals surface area contributed by atoms with Gasteiger partial charge in [0.05, 0.1) is 0 Å². The quantitative estimate of drug-likeness (QED) is 0.323. The van der Waals surface area contributed by atoms with Crippen LogP contribution in [0.2, 0.25) is 0 Å². The molecule has 50 valence electrons. The first-order chi connectivity index (χ1) is 3.25. The summed E-state index contributed by atoms with van der Waals surface area (Å²) in [6.07, 6.45) is 0. The number of alkyl halides is 3. The predicted molar refractivity (Wildman–Crippen MR) is 29.4 cm³/mol. The fourth-order valence-corrected chi connectivity index (χ4v) is 0. The van der Waals surface area contributed by atoms with Crippen molar-refractivity contribution >= 4 is 43.9 Å². The highest BCUT2D eigenvalue weighted by molar-refractivity contribution is 6.95. The first-order valence-corrected chi connectivity index (χ1v) is 4.15. The molecule has 0 saturated carbocycles. The van der Waals surface area contributed by atoms with Gasteiger partial charge in [-0.3, -0.25) is 0 Å². The second-order valence-corrected chi connectivity index (χ2v) is 5.97. The Balaban J connectivity index is 4.02. The molecule has 0 radical (unpaired) electrons. The average Bonchev–Trinajstić information content (AvgIpc) is 1.25. The number of hydrogen-bond acceptors (Lipinski definition) is 0. The maximum atomic E-state index is 11.3. The standard InChI is InChI=1S/CCl3F3Si/c2-1(3,4)8(5,6)7. The fraction of sp³-hybridized carbons (Fsp3) is 1.00. The summed E-state index contributed by atoms with van der Waals surface area (Å²) in [4.78, 5) is 0. The molecule has 0 bridgehead atoms. The van der Waals surface area contributed by atoms with Crippen LogP contribution in [0.3, 0.4) is 0 Å². The van der Waals surface area contributed by atoms with Crippen LogP contribution in [0, 0.1) is 0 Å². The van der Waals surface area contributed by atoms with Crippen LogP contribution >= 0.6 is 34.8 Å². The largest absolute Gasteiger partial charge is 0.670 e. The van der Waals surface area contributed by atoms with E-state index in [4.69, 9.17) is 0 Å². The molecule has 0 nitrogen and oxygen atoms in total. The van der Waals surface area contributed by atoms with Crippen LogP contribution in [0.15, 0.2) is 0 Å². The molecular formula is CCl3F3Si. The van der Waals surface area contributed by atoms with Crippen LogP contribution in [-0.4, -0.2) is 12.5 Å². The van der Waals surface area contributed by atoms with Gasteiger partial charge in [0.25, 0.3) is 3.42 Å². The van der Waals surface area contributed by atoms with Crippen molar-refractivity contribution in [2.45, 2.75) is 3.42 Å². The first-order valence-electron chi connectivity index (χ1n) is 1.38. The van der Waals surface area contributed by atoms with Crippen molar-refractivity contribution in [1.82, 2.24) is 0 Å². The maximum absolute atomic E-state index is 11.3. The molecule has 0 aromatic rings. The molecule has 0 fully saturated rings. The van der Waals surface area contributed by atoms with Crippen LogP contribution in [0.4, 0.5) is 12.3 Å². The van der Waals surface area contributed by atoms with E-state index < -0.39 is 12.5 Å². The number of rotatable bonds is 0. The van der Waals surface area contributed by atoms with E-state index in [0.29, 0.717) is 0 Å². The lowest BCUT2D eigenvalue weighted by atomic mass is 11.8. The van der Waals surface area contributed by atoms with Gasteiger partial charge in [-0.05, 0) is 0 Å². The van der Waals surface area contributed by atoms with Crippen LogP contribution in [0.1, 0.15) is 0 Å². The molecule has 0 aromatic carbocycles. The third kappa shape index (κ3) is 2.43. The highest BCUT2D eigenvalue weighted by Crippen LogP contribution is 2.38. The van der Waals surface area contributed by atoms with Crippen molar-refractivity contribution in [1.29, 1.82) is 0 Å². The zero-order valence-electron chi connectivity index (χ0n) is 3.27. The van der Waals surface area contributed by atoms with E-state index in [1.165, 1.54) is 0 Å². The van der Waals surface area contributed by atoms with E-state index in [1.807, 2.05) is 0 Å². The fourth-order valence-electron chi connectivity index (χ4n) is 0. The normalized spacial score (nSPS) is 14.2. The molecule has 0 saturated heterocycles. The summed E-state index contributed by atoms with van der Waals surface area (Å²) in [5.74, 6) is 0. The first kappa shape index (κ1) is 8.88. The lowest BCUT2D eigenvalue weighted by Gasteiger charge is -2.09. The molecule has 0 aromatic heterocycles. The number of hydrogen-bond donors (Lipinski definition) is 0. The molecule has 0 N–H and O–H groups in total. The Morgan fingerprint density at radius 3 is 1.12 bits per heavy atom. The van der Waals surface area contributed by atoms with Crippen LogP contribution in [-0.2, 0) is 0 Å². The molecule has 0 aliphatic rings. The lowest BCUT2D eigenvalue weighted by molar-refractivity contribution is 0.471. The zero-order chi connectivity index (χ0) is 7.00. The Bertz CT molecular complexity index is 69.5. The van der Waals surface area contributed by atoms with Gasteiger partial charge in [0, 0.05) is 0 Å². The summed E-state index contributed by atoms with van der Waals surface area (Å²) in [7, 11) is -6.06. The van der Waals surface area contributed by atoms with Crippen molar-refractivity contribution in [3.8, 4) is 0 Å². The van der Waals surface area contributed by atoms with Crippen LogP contribution < -0.4 is 0 Å². The summed E-state index contributed by atoms with van der Waals surface area (Å²) in [6, 6.07) is 0. The molecule has 8 heavy (non-hydrogen) atoms. The van der Waals surface area contributed by atoms with E-state index in [-0.39, 0.29) is 0 Å². The van der Waals surface area contributed by atoms with Gasteiger partial charge in [0.1, 0.15) is 0 Å². The molecule has 7 heteroatoms. The van der Waals surface area contributed by atoms with Crippen molar-refractivity contribution in [3.05, 3.63) is 0 Å². The summed E-state index contributed by atoms with van der Waals surface area (Å²) < 4.78 is 30.9. The van der Waals surface area contributed by atoms with E-state index >= 15 is 0 Å². The van der Waals surface area contributed by atoms with Gasteiger partial charge in [-0.25, -0.2) is 12.3 Å². The Hall–Kier alpha value is 0.877. The van der Waals surface area contributed by atoms with Gasteiger partial charge in [0.2, 0.25) is 0 Å². The van der Waals surface area contributed by atoms with Crippen molar-refractivity contribution in [2.24, 2.45) is 0 Å². The van der Waals surface area contributed by atoms with E-state index in [9.17, 15) is 12.3 Å². The van der Waals surface area contributed by atoms with E-state index in [2.05, 4.69) is 34.8 Å². The Morgan fingerprint density at radius 1 is 1.00 bits per heavy atom. The Morgan fingerprint density at radius 2 is 1.12 bits per heavy atom. The Kier molecular flexibility index (Phi) is 2.49. The zero-order valence-corrected chi connectivity index (χ0v) is 6.54. The third-order valence-corrected chi connectivity index (χ3v) is 2.89. The van der Waals surface area contributed by atoms with Gasteiger partial charge in [-0.1, -0.05) is 34.8 Å². The highest BCUT2D eigenvalue weighted by Gasteiger charge is 2.58. The molecule has 0 spiro atoms.